The normalized spacial score (nSPS) is 11.2. The van der Waals surface area contributed by atoms with Crippen LogP contribution in [0.4, 0.5) is 0 Å². The predicted octanol–water partition coefficient (Wildman–Crippen LogP) is 2.73. The van der Waals surface area contributed by atoms with E-state index in [4.69, 9.17) is 5.26 Å². The van der Waals surface area contributed by atoms with Gasteiger partial charge in [0.05, 0.1) is 11.0 Å². The number of halogens is 1. The molecule has 98 valence electrons. The first kappa shape index (κ1) is 15.2. The summed E-state index contributed by atoms with van der Waals surface area (Å²) in [5.74, 6) is 0. The van der Waals surface area contributed by atoms with Crippen LogP contribution < -0.4 is 4.72 Å². The van der Waals surface area contributed by atoms with Crippen molar-refractivity contribution in [3.63, 3.8) is 0 Å². The second kappa shape index (κ2) is 6.88. The molecule has 0 amide bonds. The molecule has 18 heavy (non-hydrogen) atoms. The number of unbranched alkanes of at least 4 members (excludes halogenated alkanes) is 2. The summed E-state index contributed by atoms with van der Waals surface area (Å²) in [6, 6.07) is 7.14. The molecule has 0 saturated carbocycles. The van der Waals surface area contributed by atoms with Crippen molar-refractivity contribution in [1.82, 2.24) is 4.72 Å². The maximum atomic E-state index is 12.0. The number of rotatable bonds is 6. The van der Waals surface area contributed by atoms with Crippen LogP contribution in [0.25, 0.3) is 0 Å². The first-order valence-electron chi connectivity index (χ1n) is 5.60. The Morgan fingerprint density at radius 1 is 1.39 bits per heavy atom. The predicted molar refractivity (Wildman–Crippen MR) is 73.5 cm³/mol. The standard InChI is InChI=1S/C12H15BrN2O2S/c1-10-5-6-12(11(13)9-10)18(16,17)15-8-4-2-3-7-14/h5-6,9,15H,2-4,8H2,1H3. The third-order valence-corrected chi connectivity index (χ3v) is 4.82. The summed E-state index contributed by atoms with van der Waals surface area (Å²) < 4.78 is 27.1. The van der Waals surface area contributed by atoms with Gasteiger partial charge in [-0.05, 0) is 53.4 Å². The molecule has 1 aromatic carbocycles. The molecule has 1 aromatic rings. The summed E-state index contributed by atoms with van der Waals surface area (Å²) in [6.45, 7) is 2.25. The van der Waals surface area contributed by atoms with E-state index >= 15 is 0 Å². The van der Waals surface area contributed by atoms with Gasteiger partial charge in [0.25, 0.3) is 0 Å². The third kappa shape index (κ3) is 4.41. The number of nitrogens with one attached hydrogen (secondary N) is 1. The molecule has 0 aromatic heterocycles. The van der Waals surface area contributed by atoms with Gasteiger partial charge in [-0.3, -0.25) is 0 Å². The summed E-state index contributed by atoms with van der Waals surface area (Å²) >= 11 is 3.25. The van der Waals surface area contributed by atoms with Crippen LogP contribution >= 0.6 is 15.9 Å². The van der Waals surface area contributed by atoms with Crippen LogP contribution in [0.1, 0.15) is 24.8 Å². The Balaban J connectivity index is 2.66. The zero-order valence-corrected chi connectivity index (χ0v) is 12.5. The van der Waals surface area contributed by atoms with Gasteiger partial charge in [0, 0.05) is 17.4 Å². The average Bonchev–Trinajstić information content (AvgIpc) is 2.28. The molecule has 0 heterocycles. The van der Waals surface area contributed by atoms with Crippen LogP contribution in [0.5, 0.6) is 0 Å². The van der Waals surface area contributed by atoms with Crippen LogP contribution in [0.2, 0.25) is 0 Å². The third-order valence-electron chi connectivity index (χ3n) is 2.38. The van der Waals surface area contributed by atoms with Gasteiger partial charge in [-0.15, -0.1) is 0 Å². The minimum absolute atomic E-state index is 0.244. The maximum absolute atomic E-state index is 12.0. The van der Waals surface area contributed by atoms with Gasteiger partial charge in [0.1, 0.15) is 0 Å². The lowest BCUT2D eigenvalue weighted by Gasteiger charge is -2.08. The van der Waals surface area contributed by atoms with Crippen LogP contribution in [-0.2, 0) is 10.0 Å². The Labute approximate surface area is 116 Å². The van der Waals surface area contributed by atoms with E-state index in [1.807, 2.05) is 13.0 Å². The van der Waals surface area contributed by atoms with Crippen molar-refractivity contribution in [2.75, 3.05) is 6.54 Å². The Morgan fingerprint density at radius 2 is 2.11 bits per heavy atom. The van der Waals surface area contributed by atoms with E-state index in [9.17, 15) is 8.42 Å². The fraction of sp³-hybridized carbons (Fsp3) is 0.417. The highest BCUT2D eigenvalue weighted by Gasteiger charge is 2.16. The zero-order valence-electron chi connectivity index (χ0n) is 10.1. The van der Waals surface area contributed by atoms with E-state index in [1.165, 1.54) is 0 Å². The second-order valence-corrected chi connectivity index (χ2v) is 6.54. The van der Waals surface area contributed by atoms with Crippen LogP contribution in [0, 0.1) is 18.3 Å². The van der Waals surface area contributed by atoms with Gasteiger partial charge in [-0.25, -0.2) is 13.1 Å². The highest BCUT2D eigenvalue weighted by atomic mass is 79.9. The first-order chi connectivity index (χ1) is 8.47. The SMILES string of the molecule is Cc1ccc(S(=O)(=O)NCCCCC#N)c(Br)c1. The fourth-order valence-corrected chi connectivity index (χ4v) is 3.70. The number of nitriles is 1. The number of aryl methyl sites for hydroxylation is 1. The molecule has 0 aliphatic rings. The topological polar surface area (TPSA) is 70.0 Å². The number of benzene rings is 1. The van der Waals surface area contributed by atoms with Crippen molar-refractivity contribution < 1.29 is 8.42 Å². The van der Waals surface area contributed by atoms with E-state index in [2.05, 4.69) is 20.7 Å². The van der Waals surface area contributed by atoms with E-state index in [1.54, 1.807) is 18.2 Å². The lowest BCUT2D eigenvalue weighted by Crippen LogP contribution is -2.25. The average molecular weight is 331 g/mol. The Kier molecular flexibility index (Phi) is 5.79. The minimum Gasteiger partial charge on any atom is -0.211 e. The highest BCUT2D eigenvalue weighted by molar-refractivity contribution is 9.10. The molecular weight excluding hydrogens is 316 g/mol. The number of nitrogens with zero attached hydrogens (tertiary/aromatic N) is 1. The van der Waals surface area contributed by atoms with Crippen LogP contribution in [0.3, 0.4) is 0 Å². The number of hydrogen-bond acceptors (Lipinski definition) is 3. The Morgan fingerprint density at radius 3 is 2.72 bits per heavy atom. The molecule has 0 bridgehead atoms. The lowest BCUT2D eigenvalue weighted by molar-refractivity contribution is 0.577. The molecule has 0 aliphatic heterocycles. The molecule has 6 heteroatoms. The van der Waals surface area contributed by atoms with Gasteiger partial charge < -0.3 is 0 Å². The van der Waals surface area contributed by atoms with Crippen molar-refractivity contribution in [3.8, 4) is 6.07 Å². The van der Waals surface area contributed by atoms with Gasteiger partial charge in [-0.1, -0.05) is 6.07 Å². The fourth-order valence-electron chi connectivity index (χ4n) is 1.44. The second-order valence-electron chi connectivity index (χ2n) is 3.95. The molecule has 1 N–H and O–H groups in total. The molecule has 1 rings (SSSR count). The smallest absolute Gasteiger partial charge is 0.211 e. The molecule has 0 radical (unpaired) electrons. The lowest BCUT2D eigenvalue weighted by atomic mass is 10.2. The summed E-state index contributed by atoms with van der Waals surface area (Å²) in [5.41, 5.74) is 0.995. The Hall–Kier alpha value is -0.900. The molecule has 0 aliphatic carbocycles. The van der Waals surface area contributed by atoms with Crippen molar-refractivity contribution in [1.29, 1.82) is 5.26 Å². The number of hydrogen-bond donors (Lipinski definition) is 1. The van der Waals surface area contributed by atoms with Gasteiger partial charge in [0.15, 0.2) is 0 Å². The summed E-state index contributed by atoms with van der Waals surface area (Å²) in [5, 5.41) is 8.37. The maximum Gasteiger partial charge on any atom is 0.241 e. The quantitative estimate of drug-likeness (QED) is 0.815. The van der Waals surface area contributed by atoms with E-state index < -0.39 is 10.0 Å². The van der Waals surface area contributed by atoms with Crippen LogP contribution in [-0.4, -0.2) is 15.0 Å². The minimum atomic E-state index is -3.47. The summed E-state index contributed by atoms with van der Waals surface area (Å²) in [4.78, 5) is 0.244. The molecular formula is C12H15BrN2O2S. The van der Waals surface area contributed by atoms with Gasteiger partial charge in [-0.2, -0.15) is 5.26 Å². The largest absolute Gasteiger partial charge is 0.241 e. The first-order valence-corrected chi connectivity index (χ1v) is 7.88. The molecule has 0 unspecified atom stereocenters. The monoisotopic (exact) mass is 330 g/mol. The van der Waals surface area contributed by atoms with Crippen molar-refractivity contribution >= 4 is 26.0 Å². The van der Waals surface area contributed by atoms with Crippen molar-refractivity contribution in [2.45, 2.75) is 31.1 Å². The van der Waals surface area contributed by atoms with E-state index in [0.29, 0.717) is 30.3 Å². The van der Waals surface area contributed by atoms with Crippen LogP contribution in [0.15, 0.2) is 27.6 Å². The van der Waals surface area contributed by atoms with Crippen molar-refractivity contribution in [2.24, 2.45) is 0 Å². The zero-order chi connectivity index (χ0) is 13.6. The van der Waals surface area contributed by atoms with E-state index in [-0.39, 0.29) is 4.90 Å². The molecule has 0 fully saturated rings. The molecule has 0 atom stereocenters. The highest BCUT2D eigenvalue weighted by Crippen LogP contribution is 2.22. The summed E-state index contributed by atoms with van der Waals surface area (Å²) in [7, 11) is -3.47. The van der Waals surface area contributed by atoms with E-state index in [0.717, 1.165) is 5.56 Å². The summed E-state index contributed by atoms with van der Waals surface area (Å²) in [6.07, 6.45) is 1.82. The number of sulfonamides is 1. The van der Waals surface area contributed by atoms with Crippen molar-refractivity contribution in [3.05, 3.63) is 28.2 Å². The molecule has 0 spiro atoms. The molecule has 0 saturated heterocycles. The Bertz CT molecular complexity index is 550. The van der Waals surface area contributed by atoms with Gasteiger partial charge in [0.2, 0.25) is 10.0 Å². The van der Waals surface area contributed by atoms with Gasteiger partial charge >= 0.3 is 0 Å². The molecule has 4 nitrogen and oxygen atoms in total.